The predicted molar refractivity (Wildman–Crippen MR) is 78.7 cm³/mol. The first-order valence-electron chi connectivity index (χ1n) is 7.49. The fraction of sp³-hybridized carbons (Fsp3) is 0.647. The van der Waals surface area contributed by atoms with Gasteiger partial charge in [0.25, 0.3) is 0 Å². The molecule has 1 heteroatoms. The Hall–Kier alpha value is -0.820. The lowest BCUT2D eigenvalue weighted by molar-refractivity contribution is 0.0884. The Kier molecular flexibility index (Phi) is 7.75. The van der Waals surface area contributed by atoms with Crippen molar-refractivity contribution in [2.45, 2.75) is 64.9 Å². The third kappa shape index (κ3) is 5.68. The number of benzene rings is 1. The summed E-state index contributed by atoms with van der Waals surface area (Å²) in [6.45, 7) is 4.41. The molecule has 1 N–H and O–H groups in total. The molecule has 0 bridgehead atoms. The number of aliphatic hydroxyl groups is 1. The van der Waals surface area contributed by atoms with Crippen LogP contribution in [0.2, 0.25) is 0 Å². The highest BCUT2D eigenvalue weighted by molar-refractivity contribution is 5.14. The van der Waals surface area contributed by atoms with Gasteiger partial charge >= 0.3 is 0 Å². The summed E-state index contributed by atoms with van der Waals surface area (Å²) in [5, 5.41) is 10.2. The van der Waals surface area contributed by atoms with Crippen LogP contribution in [0.15, 0.2) is 30.3 Å². The van der Waals surface area contributed by atoms with E-state index in [4.69, 9.17) is 0 Å². The highest BCUT2D eigenvalue weighted by atomic mass is 16.3. The second kappa shape index (κ2) is 9.16. The van der Waals surface area contributed by atoms with Gasteiger partial charge in [-0.25, -0.2) is 0 Å². The van der Waals surface area contributed by atoms with E-state index < -0.39 is 0 Å². The fourth-order valence-electron chi connectivity index (χ4n) is 2.53. The van der Waals surface area contributed by atoms with Crippen molar-refractivity contribution in [3.05, 3.63) is 35.9 Å². The number of aryl methyl sites for hydroxylation is 1. The van der Waals surface area contributed by atoms with Gasteiger partial charge in [-0.05, 0) is 37.2 Å². The Morgan fingerprint density at radius 1 is 1.00 bits per heavy atom. The lowest BCUT2D eigenvalue weighted by Gasteiger charge is -2.21. The van der Waals surface area contributed by atoms with E-state index in [1.54, 1.807) is 0 Å². The summed E-state index contributed by atoms with van der Waals surface area (Å²) in [5.41, 5.74) is 1.38. The van der Waals surface area contributed by atoms with Crippen LogP contribution in [0, 0.1) is 5.92 Å². The number of hydrogen-bond donors (Lipinski definition) is 1. The van der Waals surface area contributed by atoms with Gasteiger partial charge in [0.2, 0.25) is 0 Å². The summed E-state index contributed by atoms with van der Waals surface area (Å²) >= 11 is 0. The minimum Gasteiger partial charge on any atom is -0.393 e. The van der Waals surface area contributed by atoms with Crippen LogP contribution in [-0.2, 0) is 6.42 Å². The number of rotatable bonds is 9. The van der Waals surface area contributed by atoms with Gasteiger partial charge in [-0.15, -0.1) is 0 Å². The van der Waals surface area contributed by atoms with E-state index in [2.05, 4.69) is 44.2 Å². The molecular formula is C17H28O. The smallest absolute Gasteiger partial charge is 0.0568 e. The maximum atomic E-state index is 10.2. The van der Waals surface area contributed by atoms with Crippen LogP contribution in [0.4, 0.5) is 0 Å². The first-order chi connectivity index (χ1) is 8.77. The Balaban J connectivity index is 2.24. The van der Waals surface area contributed by atoms with Crippen molar-refractivity contribution >= 4 is 0 Å². The molecule has 1 aromatic rings. The van der Waals surface area contributed by atoms with Gasteiger partial charge in [0, 0.05) is 0 Å². The molecule has 1 aromatic carbocycles. The number of aliphatic hydroxyl groups excluding tert-OH is 1. The van der Waals surface area contributed by atoms with Gasteiger partial charge < -0.3 is 5.11 Å². The molecule has 0 aliphatic heterocycles. The number of hydrogen-bond acceptors (Lipinski definition) is 1. The zero-order valence-electron chi connectivity index (χ0n) is 11.9. The summed E-state index contributed by atoms with van der Waals surface area (Å²) in [5.74, 6) is 0.501. The van der Waals surface area contributed by atoms with Crippen molar-refractivity contribution in [1.82, 2.24) is 0 Å². The van der Waals surface area contributed by atoms with Crippen molar-refractivity contribution < 1.29 is 5.11 Å². The third-order valence-electron chi connectivity index (χ3n) is 3.81. The van der Waals surface area contributed by atoms with E-state index in [0.717, 1.165) is 25.7 Å². The lowest BCUT2D eigenvalue weighted by Crippen LogP contribution is -2.20. The van der Waals surface area contributed by atoms with E-state index in [0.29, 0.717) is 5.92 Å². The van der Waals surface area contributed by atoms with Crippen LogP contribution >= 0.6 is 0 Å². The molecule has 0 aliphatic rings. The van der Waals surface area contributed by atoms with Gasteiger partial charge in [-0.1, -0.05) is 63.4 Å². The predicted octanol–water partition coefficient (Wildman–Crippen LogP) is 4.59. The lowest BCUT2D eigenvalue weighted by atomic mass is 9.90. The van der Waals surface area contributed by atoms with Crippen molar-refractivity contribution in [2.75, 3.05) is 0 Å². The molecule has 1 nitrogen and oxygen atoms in total. The van der Waals surface area contributed by atoms with Crippen LogP contribution in [0.5, 0.6) is 0 Å². The van der Waals surface area contributed by atoms with Crippen LogP contribution in [0.25, 0.3) is 0 Å². The van der Waals surface area contributed by atoms with E-state index in [-0.39, 0.29) is 6.10 Å². The molecule has 0 fully saturated rings. The third-order valence-corrected chi connectivity index (χ3v) is 3.81. The Morgan fingerprint density at radius 3 is 2.33 bits per heavy atom. The van der Waals surface area contributed by atoms with Crippen molar-refractivity contribution in [2.24, 2.45) is 5.92 Å². The molecule has 102 valence electrons. The van der Waals surface area contributed by atoms with Crippen molar-refractivity contribution in [1.29, 1.82) is 0 Å². The maximum Gasteiger partial charge on any atom is 0.0568 e. The second-order valence-electron chi connectivity index (χ2n) is 5.26. The first-order valence-corrected chi connectivity index (χ1v) is 7.49. The van der Waals surface area contributed by atoms with Crippen LogP contribution in [0.1, 0.15) is 57.9 Å². The Morgan fingerprint density at radius 2 is 1.72 bits per heavy atom. The first kappa shape index (κ1) is 15.2. The van der Waals surface area contributed by atoms with E-state index >= 15 is 0 Å². The Bertz CT molecular complexity index is 294. The molecule has 0 heterocycles. The molecule has 0 radical (unpaired) electrons. The normalized spacial score (nSPS) is 14.4. The van der Waals surface area contributed by atoms with E-state index in [9.17, 15) is 5.11 Å². The van der Waals surface area contributed by atoms with Crippen molar-refractivity contribution in [3.8, 4) is 0 Å². The van der Waals surface area contributed by atoms with E-state index in [1.807, 2.05) is 0 Å². The quantitative estimate of drug-likeness (QED) is 0.678. The SMILES string of the molecule is CCCCC(CC)C(O)CCCc1ccccc1. The summed E-state index contributed by atoms with van der Waals surface area (Å²) < 4.78 is 0. The summed E-state index contributed by atoms with van der Waals surface area (Å²) in [7, 11) is 0. The molecule has 0 spiro atoms. The topological polar surface area (TPSA) is 20.2 Å². The zero-order chi connectivity index (χ0) is 13.2. The average molecular weight is 248 g/mol. The standard InChI is InChI=1S/C17H28O/c1-3-5-13-16(4-2)17(18)14-9-12-15-10-7-6-8-11-15/h6-8,10-11,16-18H,3-5,9,12-14H2,1-2H3. The van der Waals surface area contributed by atoms with Gasteiger partial charge in [0.05, 0.1) is 6.10 Å². The molecule has 0 saturated carbocycles. The summed E-state index contributed by atoms with van der Waals surface area (Å²) in [6, 6.07) is 10.6. The van der Waals surface area contributed by atoms with Gasteiger partial charge in [0.1, 0.15) is 0 Å². The maximum absolute atomic E-state index is 10.2. The molecule has 18 heavy (non-hydrogen) atoms. The molecule has 0 aliphatic carbocycles. The van der Waals surface area contributed by atoms with Crippen LogP contribution in [-0.4, -0.2) is 11.2 Å². The molecule has 0 aromatic heterocycles. The molecule has 2 unspecified atom stereocenters. The molecule has 0 saturated heterocycles. The molecular weight excluding hydrogens is 220 g/mol. The highest BCUT2D eigenvalue weighted by Gasteiger charge is 2.16. The zero-order valence-corrected chi connectivity index (χ0v) is 11.9. The minimum atomic E-state index is -0.106. The highest BCUT2D eigenvalue weighted by Crippen LogP contribution is 2.20. The second-order valence-corrected chi connectivity index (χ2v) is 5.26. The molecule has 0 amide bonds. The number of unbranched alkanes of at least 4 members (excludes halogenated alkanes) is 1. The fourth-order valence-corrected chi connectivity index (χ4v) is 2.53. The van der Waals surface area contributed by atoms with Gasteiger partial charge in [-0.3, -0.25) is 0 Å². The summed E-state index contributed by atoms with van der Waals surface area (Å²) in [6.07, 6.45) is 7.77. The Labute approximate surface area is 112 Å². The minimum absolute atomic E-state index is 0.106. The van der Waals surface area contributed by atoms with Crippen LogP contribution < -0.4 is 0 Å². The monoisotopic (exact) mass is 248 g/mol. The van der Waals surface area contributed by atoms with Gasteiger partial charge in [0.15, 0.2) is 0 Å². The van der Waals surface area contributed by atoms with Gasteiger partial charge in [-0.2, -0.15) is 0 Å². The summed E-state index contributed by atoms with van der Waals surface area (Å²) in [4.78, 5) is 0. The van der Waals surface area contributed by atoms with E-state index in [1.165, 1.54) is 24.8 Å². The molecule has 1 rings (SSSR count). The van der Waals surface area contributed by atoms with Crippen molar-refractivity contribution in [3.63, 3.8) is 0 Å². The molecule has 2 atom stereocenters. The largest absolute Gasteiger partial charge is 0.393 e. The van der Waals surface area contributed by atoms with Crippen LogP contribution in [0.3, 0.4) is 0 Å². The average Bonchev–Trinajstić information content (AvgIpc) is 2.41.